The van der Waals surface area contributed by atoms with Crippen LogP contribution in [0.5, 0.6) is 0 Å². The number of rotatable bonds is 3. The molecule has 0 bridgehead atoms. The molecule has 0 aliphatic heterocycles. The largest absolute Gasteiger partial charge is 0.358 e. The first kappa shape index (κ1) is 10.8. The minimum absolute atomic E-state index is 0.120. The second-order valence-electron chi connectivity index (χ2n) is 3.16. The first-order valence-corrected chi connectivity index (χ1v) is 5.51. The molecule has 2 aromatic rings. The Kier molecular flexibility index (Phi) is 3.00. The Balaban J connectivity index is 2.16. The average molecular weight is 239 g/mol. The zero-order chi connectivity index (χ0) is 11.5. The summed E-state index contributed by atoms with van der Waals surface area (Å²) in [5.41, 5.74) is 0.601. The van der Waals surface area contributed by atoms with Gasteiger partial charge in [0.05, 0.1) is 16.8 Å². The number of hydrogen-bond donors (Lipinski definition) is 2. The van der Waals surface area contributed by atoms with E-state index in [9.17, 15) is 9.18 Å². The maximum absolute atomic E-state index is 12.9. The molecule has 6 heteroatoms. The molecule has 0 atom stereocenters. The van der Waals surface area contributed by atoms with Crippen molar-refractivity contribution in [3.8, 4) is 0 Å². The van der Waals surface area contributed by atoms with Gasteiger partial charge in [-0.25, -0.2) is 9.37 Å². The van der Waals surface area contributed by atoms with Gasteiger partial charge in [-0.15, -0.1) is 0 Å². The lowest BCUT2D eigenvalue weighted by Crippen LogP contribution is -2.26. The summed E-state index contributed by atoms with van der Waals surface area (Å²) in [5, 5.41) is 5.99. The highest BCUT2D eigenvalue weighted by molar-refractivity contribution is 7.22. The van der Waals surface area contributed by atoms with Crippen LogP contribution in [0.2, 0.25) is 0 Å². The van der Waals surface area contributed by atoms with Crippen molar-refractivity contribution in [2.75, 3.05) is 18.9 Å². The lowest BCUT2D eigenvalue weighted by atomic mass is 10.3. The zero-order valence-corrected chi connectivity index (χ0v) is 9.40. The molecule has 2 N–H and O–H groups in total. The molecule has 0 spiro atoms. The third kappa shape index (κ3) is 2.27. The Bertz CT molecular complexity index is 526. The molecule has 1 heterocycles. The molecule has 1 amide bonds. The van der Waals surface area contributed by atoms with Crippen LogP contribution >= 0.6 is 11.3 Å². The van der Waals surface area contributed by atoms with Crippen molar-refractivity contribution in [3.63, 3.8) is 0 Å². The molecule has 0 unspecified atom stereocenters. The number of hydrogen-bond acceptors (Lipinski definition) is 4. The average Bonchev–Trinajstić information content (AvgIpc) is 2.67. The Labute approximate surface area is 95.5 Å². The Hall–Kier alpha value is -1.69. The van der Waals surface area contributed by atoms with E-state index in [-0.39, 0.29) is 18.3 Å². The van der Waals surface area contributed by atoms with Gasteiger partial charge >= 0.3 is 0 Å². The lowest BCUT2D eigenvalue weighted by Gasteiger charge is -1.99. The molecule has 0 radical (unpaired) electrons. The van der Waals surface area contributed by atoms with Crippen molar-refractivity contribution in [1.82, 2.24) is 10.3 Å². The molecule has 4 nitrogen and oxygen atoms in total. The van der Waals surface area contributed by atoms with Crippen LogP contribution in [0.1, 0.15) is 0 Å². The van der Waals surface area contributed by atoms with Gasteiger partial charge in [0.15, 0.2) is 5.13 Å². The van der Waals surface area contributed by atoms with Crippen molar-refractivity contribution in [2.24, 2.45) is 0 Å². The van der Waals surface area contributed by atoms with E-state index in [4.69, 9.17) is 0 Å². The summed E-state index contributed by atoms with van der Waals surface area (Å²) in [6.45, 7) is 0.165. The van der Waals surface area contributed by atoms with E-state index in [1.807, 2.05) is 0 Å². The molecule has 1 aromatic carbocycles. The zero-order valence-electron chi connectivity index (χ0n) is 8.58. The fourth-order valence-electron chi connectivity index (χ4n) is 1.22. The smallest absolute Gasteiger partial charge is 0.239 e. The maximum Gasteiger partial charge on any atom is 0.239 e. The molecule has 0 aliphatic rings. The van der Waals surface area contributed by atoms with Gasteiger partial charge in [-0.2, -0.15) is 0 Å². The highest BCUT2D eigenvalue weighted by atomic mass is 32.1. The van der Waals surface area contributed by atoms with Crippen molar-refractivity contribution in [2.45, 2.75) is 0 Å². The van der Waals surface area contributed by atoms with Crippen LogP contribution in [-0.4, -0.2) is 24.5 Å². The molecule has 84 valence electrons. The van der Waals surface area contributed by atoms with E-state index < -0.39 is 0 Å². The van der Waals surface area contributed by atoms with Gasteiger partial charge in [-0.3, -0.25) is 4.79 Å². The summed E-state index contributed by atoms with van der Waals surface area (Å²) in [7, 11) is 1.57. The Morgan fingerprint density at radius 3 is 3.12 bits per heavy atom. The van der Waals surface area contributed by atoms with E-state index in [2.05, 4.69) is 15.6 Å². The molecule has 0 fully saturated rings. The summed E-state index contributed by atoms with van der Waals surface area (Å²) in [5.74, 6) is -0.430. The highest BCUT2D eigenvalue weighted by Crippen LogP contribution is 2.25. The number of thiazole rings is 1. The van der Waals surface area contributed by atoms with Crippen LogP contribution in [0.4, 0.5) is 9.52 Å². The quantitative estimate of drug-likeness (QED) is 0.855. The predicted octanol–water partition coefficient (Wildman–Crippen LogP) is 1.59. The molecule has 0 saturated carbocycles. The summed E-state index contributed by atoms with van der Waals surface area (Å²) >= 11 is 1.39. The van der Waals surface area contributed by atoms with Gasteiger partial charge in [-0.05, 0) is 12.1 Å². The molecule has 16 heavy (non-hydrogen) atoms. The maximum atomic E-state index is 12.9. The second-order valence-corrected chi connectivity index (χ2v) is 4.19. The van der Waals surface area contributed by atoms with Crippen LogP contribution in [0.15, 0.2) is 18.2 Å². The van der Waals surface area contributed by atoms with E-state index in [1.165, 1.54) is 23.5 Å². The van der Waals surface area contributed by atoms with E-state index in [0.717, 1.165) is 4.70 Å². The third-order valence-corrected chi connectivity index (χ3v) is 3.02. The number of nitrogens with one attached hydrogen (secondary N) is 2. The first-order valence-electron chi connectivity index (χ1n) is 4.69. The monoisotopic (exact) mass is 239 g/mol. The minimum Gasteiger partial charge on any atom is -0.358 e. The number of nitrogens with zero attached hydrogens (tertiary/aromatic N) is 1. The Morgan fingerprint density at radius 2 is 2.38 bits per heavy atom. The number of halogens is 1. The lowest BCUT2D eigenvalue weighted by molar-refractivity contribution is -0.118. The number of aromatic nitrogens is 1. The van der Waals surface area contributed by atoms with Crippen molar-refractivity contribution < 1.29 is 9.18 Å². The summed E-state index contributed by atoms with van der Waals surface area (Å²) in [6.07, 6.45) is 0. The Morgan fingerprint density at radius 1 is 1.56 bits per heavy atom. The first-order chi connectivity index (χ1) is 7.69. The number of amides is 1. The topological polar surface area (TPSA) is 54.0 Å². The van der Waals surface area contributed by atoms with E-state index in [1.54, 1.807) is 13.1 Å². The number of carbonyl (C=O) groups excluding carboxylic acids is 1. The molecular formula is C10H10FN3OS. The van der Waals surface area contributed by atoms with Crippen molar-refractivity contribution >= 4 is 32.6 Å². The summed E-state index contributed by atoms with van der Waals surface area (Å²) in [4.78, 5) is 15.2. The fourth-order valence-corrected chi connectivity index (χ4v) is 2.06. The summed E-state index contributed by atoms with van der Waals surface area (Å²) in [6, 6.07) is 4.44. The standard InChI is InChI=1S/C10H10FN3OS/c1-12-9(15)5-13-10-14-7-4-6(11)2-3-8(7)16-10/h2-4H,5H2,1H3,(H,12,15)(H,13,14). The molecule has 0 saturated heterocycles. The van der Waals surface area contributed by atoms with E-state index >= 15 is 0 Å². The normalized spacial score (nSPS) is 10.4. The number of fused-ring (bicyclic) bond motifs is 1. The molecule has 1 aromatic heterocycles. The van der Waals surface area contributed by atoms with Crippen molar-refractivity contribution in [1.29, 1.82) is 0 Å². The van der Waals surface area contributed by atoms with Gasteiger partial charge in [0.25, 0.3) is 0 Å². The third-order valence-electron chi connectivity index (χ3n) is 2.03. The molecule has 0 aliphatic carbocycles. The highest BCUT2D eigenvalue weighted by Gasteiger charge is 2.05. The SMILES string of the molecule is CNC(=O)CNc1nc2cc(F)ccc2s1. The minimum atomic E-state index is -0.310. The van der Waals surface area contributed by atoms with Gasteiger partial charge in [0.1, 0.15) is 5.82 Å². The molecule has 2 rings (SSSR count). The number of carbonyl (C=O) groups is 1. The van der Waals surface area contributed by atoms with Crippen LogP contribution in [-0.2, 0) is 4.79 Å². The summed E-state index contributed by atoms with van der Waals surface area (Å²) < 4.78 is 13.8. The number of anilines is 1. The van der Waals surface area contributed by atoms with Crippen LogP contribution in [0.25, 0.3) is 10.2 Å². The number of likely N-dealkylation sites (N-methyl/N-ethyl adjacent to an activating group) is 1. The molecular weight excluding hydrogens is 229 g/mol. The van der Waals surface area contributed by atoms with Crippen LogP contribution < -0.4 is 10.6 Å². The van der Waals surface area contributed by atoms with Gasteiger partial charge in [0.2, 0.25) is 5.91 Å². The van der Waals surface area contributed by atoms with Crippen LogP contribution in [0, 0.1) is 5.82 Å². The van der Waals surface area contributed by atoms with Crippen LogP contribution in [0.3, 0.4) is 0 Å². The van der Waals surface area contributed by atoms with Gasteiger partial charge in [0, 0.05) is 13.1 Å². The van der Waals surface area contributed by atoms with Gasteiger partial charge < -0.3 is 10.6 Å². The second kappa shape index (κ2) is 4.44. The predicted molar refractivity (Wildman–Crippen MR) is 62.1 cm³/mol. The van der Waals surface area contributed by atoms with E-state index in [0.29, 0.717) is 10.6 Å². The van der Waals surface area contributed by atoms with Crippen molar-refractivity contribution in [3.05, 3.63) is 24.0 Å². The number of benzene rings is 1. The van der Waals surface area contributed by atoms with Gasteiger partial charge in [-0.1, -0.05) is 11.3 Å². The fraction of sp³-hybridized carbons (Fsp3) is 0.200.